The summed E-state index contributed by atoms with van der Waals surface area (Å²) in [5.74, 6) is -15.2. The second-order valence-corrected chi connectivity index (χ2v) is 35.7. The van der Waals surface area contributed by atoms with Crippen LogP contribution in [0.2, 0.25) is 0 Å². The number of carbonyl (C=O) groups is 16. The Kier molecular flexibility index (Phi) is 40.3. The van der Waals surface area contributed by atoms with Gasteiger partial charge < -0.3 is 102 Å². The van der Waals surface area contributed by atoms with Crippen LogP contribution in [0.1, 0.15) is 200 Å². The van der Waals surface area contributed by atoms with E-state index in [4.69, 9.17) is 28.4 Å². The first-order valence-corrected chi connectivity index (χ1v) is 41.1. The van der Waals surface area contributed by atoms with Crippen LogP contribution in [-0.4, -0.2) is 250 Å². The van der Waals surface area contributed by atoms with E-state index in [9.17, 15) is 67.7 Å². The quantitative estimate of drug-likeness (QED) is 0.0492. The van der Waals surface area contributed by atoms with E-state index < -0.39 is 260 Å². The number of rotatable bonds is 28. The summed E-state index contributed by atoms with van der Waals surface area (Å²) in [5.41, 5.74) is -3.89. The topological polar surface area (TPSA) is 508 Å². The van der Waals surface area contributed by atoms with Crippen LogP contribution in [0.15, 0.2) is 60.7 Å². The molecule has 0 bridgehead atoms. The smallest absolute Gasteiger partial charge is 0.410 e. The van der Waals surface area contributed by atoms with Crippen molar-refractivity contribution in [2.24, 2.45) is 23.7 Å². The van der Waals surface area contributed by atoms with Gasteiger partial charge in [-0.25, -0.2) is 28.8 Å². The van der Waals surface area contributed by atoms with Crippen LogP contribution in [0.25, 0.3) is 0 Å². The summed E-state index contributed by atoms with van der Waals surface area (Å²) in [7, 11) is 0. The van der Waals surface area contributed by atoms with Crippen molar-refractivity contribution in [1.82, 2.24) is 68.3 Å². The van der Waals surface area contributed by atoms with Gasteiger partial charge in [-0.05, 0) is 173 Å². The van der Waals surface area contributed by atoms with Crippen LogP contribution >= 0.6 is 0 Å². The highest BCUT2D eigenvalue weighted by molar-refractivity contribution is 5.99. The van der Waals surface area contributed by atoms with E-state index in [2.05, 4.69) is 58.5 Å². The molecular weight excluding hydrogens is 1570 g/mol. The molecule has 37 heteroatoms. The molecule has 2 heterocycles. The lowest BCUT2D eigenvalue weighted by molar-refractivity contribution is -0.138. The van der Waals surface area contributed by atoms with Crippen molar-refractivity contribution in [2.75, 3.05) is 52.4 Å². The van der Waals surface area contributed by atoms with Gasteiger partial charge in [0, 0.05) is 83.3 Å². The number of alkyl carbamates (subject to hydrolysis) is 4. The number of nitrogens with one attached hydrogen (secondary N) is 11. The Bertz CT molecular complexity index is 3850. The first kappa shape index (κ1) is 103. The van der Waals surface area contributed by atoms with Gasteiger partial charge >= 0.3 is 36.6 Å². The number of amides is 13. The summed E-state index contributed by atoms with van der Waals surface area (Å²) in [6.07, 6.45) is -13.9. The van der Waals surface area contributed by atoms with Crippen molar-refractivity contribution in [2.45, 2.75) is 285 Å². The molecule has 2 aliphatic rings. The summed E-state index contributed by atoms with van der Waals surface area (Å²) in [6, 6.07) is 5.39. The Hall–Kier alpha value is -10.7. The molecule has 676 valence electrons. The summed E-state index contributed by atoms with van der Waals surface area (Å²) < 4.78 is 33.0. The number of Topliss-reactive ketones (excluding diaryl/α,β-unsaturated/α-hetero) is 3. The van der Waals surface area contributed by atoms with Crippen molar-refractivity contribution in [1.29, 1.82) is 0 Å². The lowest BCUT2D eigenvalue weighted by Gasteiger charge is -2.40. The zero-order valence-electron chi connectivity index (χ0n) is 73.5. The molecule has 12 atom stereocenters. The lowest BCUT2D eigenvalue weighted by atomic mass is 9.90. The number of aliphatic hydroxyl groups excluding tert-OH is 2. The van der Waals surface area contributed by atoms with Gasteiger partial charge in [-0.1, -0.05) is 74.5 Å². The highest BCUT2D eigenvalue weighted by atomic mass is 16.6. The Morgan fingerprint density at radius 3 is 1.46 bits per heavy atom. The van der Waals surface area contributed by atoms with Crippen LogP contribution < -0.4 is 58.5 Å². The van der Waals surface area contributed by atoms with Crippen molar-refractivity contribution >= 4 is 95.3 Å². The number of ether oxygens (including phenoxy) is 6. The average molecular weight is 1710 g/mol. The normalized spacial score (nSPS) is 20.9. The lowest BCUT2D eigenvalue weighted by Crippen LogP contribution is -2.60. The molecule has 2 fully saturated rings. The minimum absolute atomic E-state index is 0.0991. The first-order chi connectivity index (χ1) is 56.2. The van der Waals surface area contributed by atoms with E-state index >= 15 is 19.2 Å². The third-order valence-corrected chi connectivity index (χ3v) is 18.4. The van der Waals surface area contributed by atoms with E-state index in [-0.39, 0.29) is 64.4 Å². The van der Waals surface area contributed by atoms with Gasteiger partial charge in [0.25, 0.3) is 0 Å². The fourth-order valence-electron chi connectivity index (χ4n) is 12.6. The predicted octanol–water partition coefficient (Wildman–Crippen LogP) is 5.11. The molecule has 4 rings (SSSR count). The summed E-state index contributed by atoms with van der Waals surface area (Å²) >= 11 is 0. The average Bonchev–Trinajstić information content (AvgIpc) is 0.828. The second-order valence-electron chi connectivity index (χ2n) is 35.7. The summed E-state index contributed by atoms with van der Waals surface area (Å²) in [4.78, 5) is 233. The van der Waals surface area contributed by atoms with Gasteiger partial charge in [-0.2, -0.15) is 0 Å². The molecule has 3 unspecified atom stereocenters. The molecule has 0 aromatic heterocycles. The Morgan fingerprint density at radius 1 is 0.504 bits per heavy atom. The molecule has 0 saturated carbocycles. The zero-order valence-corrected chi connectivity index (χ0v) is 73.5. The van der Waals surface area contributed by atoms with E-state index in [0.29, 0.717) is 11.1 Å². The van der Waals surface area contributed by atoms with Gasteiger partial charge in [0.1, 0.15) is 64.8 Å². The van der Waals surface area contributed by atoms with Gasteiger partial charge in [0.15, 0.2) is 17.3 Å². The van der Waals surface area contributed by atoms with Crippen molar-refractivity contribution in [3.05, 3.63) is 71.8 Å². The van der Waals surface area contributed by atoms with E-state index in [1.165, 1.54) is 11.8 Å². The number of hydrogen-bond acceptors (Lipinski definition) is 24. The highest BCUT2D eigenvalue weighted by Crippen LogP contribution is 2.25. The van der Waals surface area contributed by atoms with Crippen LogP contribution in [0.4, 0.5) is 28.8 Å². The van der Waals surface area contributed by atoms with E-state index in [1.807, 2.05) is 0 Å². The molecule has 13 N–H and O–H groups in total. The fourth-order valence-corrected chi connectivity index (χ4v) is 12.6. The summed E-state index contributed by atoms with van der Waals surface area (Å²) in [5, 5.41) is 51.4. The third-order valence-electron chi connectivity index (χ3n) is 18.4. The van der Waals surface area contributed by atoms with Crippen molar-refractivity contribution in [3.63, 3.8) is 0 Å². The number of hydrogen-bond donors (Lipinski definition) is 13. The third kappa shape index (κ3) is 39.6. The van der Waals surface area contributed by atoms with Gasteiger partial charge in [0.05, 0.1) is 36.8 Å². The molecular formula is C84H131N13O24. The Morgan fingerprint density at radius 2 is 0.959 bits per heavy atom. The number of carbonyl (C=O) groups excluding carboxylic acids is 16. The monoisotopic (exact) mass is 1710 g/mol. The number of ketones is 3. The van der Waals surface area contributed by atoms with Crippen molar-refractivity contribution in [3.8, 4) is 0 Å². The highest BCUT2D eigenvalue weighted by Gasteiger charge is 2.43. The van der Waals surface area contributed by atoms with Gasteiger partial charge in [0.2, 0.25) is 41.4 Å². The maximum Gasteiger partial charge on any atom is 0.410 e. The SMILES string of the molecule is CC(C)C[C@@H]1NC(=O)[C@@H](Cc2ccccc2)NC(=O)[C@H](CCNC(=O)OC(C)(C)C)NC(=O)[C@@H](CC(=O)[C@H](CCNC(=O)OC(C)(C)C)NC(=O)[C@@H](CC(=O)C2CN(C(=O)OC(C)(C)C)CCN2C(=O)OCc2ccccc2)C(C)O)CCNC(=O)[C@H](C(C)O)NC(=O)[C@H](CCNC(=O)OC(C)(C)C)CC(=O)[C@H](CCNC(=O)OC(C)(C)C)NC1=O. The summed E-state index contributed by atoms with van der Waals surface area (Å²) in [6.45, 7) is 26.9. The number of aliphatic hydroxyl groups is 2. The maximum absolute atomic E-state index is 15.5. The largest absolute Gasteiger partial charge is 0.445 e. The first-order valence-electron chi connectivity index (χ1n) is 41.1. The van der Waals surface area contributed by atoms with Gasteiger partial charge in [-0.15, -0.1) is 0 Å². The van der Waals surface area contributed by atoms with E-state index in [0.717, 1.165) is 11.8 Å². The second kappa shape index (κ2) is 47.5. The molecule has 0 radical (unpaired) electrons. The molecule has 13 amide bonds. The minimum atomic E-state index is -1.87. The molecule has 121 heavy (non-hydrogen) atoms. The van der Waals surface area contributed by atoms with Gasteiger partial charge in [-0.3, -0.25) is 52.8 Å². The van der Waals surface area contributed by atoms with Crippen LogP contribution in [0.5, 0.6) is 0 Å². The standard InChI is InChI=1S/C84H131N13O24/c1-49(2)42-60-71(107)91-58(33-38-88-76(112)119-82(11,12)13)64(101)45-55(31-36-86-74(110)117-80(5,6)7)68(104)95-66(51(4)99)73(109)85-35-30-54(67(103)92-59(34-39-89-77(113)120-83(14,15)16)70(106)94-61(72(108)93-60)43-52-26-22-20-23-27-52)44-63(100)57(32-37-87-75(111)118-81(8,9)10)90-69(105)56(50(3)98)46-65(102)62-47-96(78(114)121-84(17,18)19)40-41-97(62)79(115)116-48-53-28-24-21-25-29-53/h20-29,49-51,54-62,66,98-99H,30-48H2,1-19H3,(H,85,109)(H,86,110)(H,87,111)(H,88,112)(H,89,113)(H,90,105)(H,91,107)(H,92,103)(H,93,108)(H,94,106)(H,95,104)/t50?,51?,54-,55-,56+,57+,58+,59+,60+,61-,62?,66+/m1/s1. The molecule has 0 aliphatic carbocycles. The Balaban J connectivity index is 1.96. The number of piperazine rings is 1. The van der Waals surface area contributed by atoms with Crippen molar-refractivity contribution < 1.29 is 115 Å². The molecule has 2 saturated heterocycles. The molecule has 2 aromatic rings. The molecule has 2 aliphatic heterocycles. The maximum atomic E-state index is 15.5. The van der Waals surface area contributed by atoms with Crippen LogP contribution in [0.3, 0.4) is 0 Å². The van der Waals surface area contributed by atoms with Crippen LogP contribution in [0, 0.1) is 23.7 Å². The predicted molar refractivity (Wildman–Crippen MR) is 442 cm³/mol. The number of benzene rings is 2. The minimum Gasteiger partial charge on any atom is -0.445 e. The van der Waals surface area contributed by atoms with E-state index in [1.54, 1.807) is 178 Å². The van der Waals surface area contributed by atoms with Crippen LogP contribution in [-0.2, 0) is 89.4 Å². The Labute approximate surface area is 708 Å². The fraction of sp³-hybridized carbons (Fsp3) is 0.667. The molecule has 2 aromatic carbocycles. The zero-order chi connectivity index (χ0) is 91.1. The molecule has 0 spiro atoms. The number of nitrogens with zero attached hydrogens (tertiary/aromatic N) is 2. The molecule has 37 nitrogen and oxygen atoms in total.